The Hall–Kier alpha value is -4.84. The average Bonchev–Trinajstić information content (AvgIpc) is 3.22. The van der Waals surface area contributed by atoms with Crippen LogP contribution in [0.15, 0.2) is 90.0 Å². The number of phenols is 1. The van der Waals surface area contributed by atoms with E-state index in [4.69, 9.17) is 23.2 Å². The molecule has 0 unspecified atom stereocenters. The van der Waals surface area contributed by atoms with Gasteiger partial charge in [0.25, 0.3) is 0 Å². The van der Waals surface area contributed by atoms with Gasteiger partial charge in [0.15, 0.2) is 6.17 Å². The molecule has 46 heavy (non-hydrogen) atoms. The molecule has 0 aromatic heterocycles. The first-order valence-corrected chi connectivity index (χ1v) is 15.2. The van der Waals surface area contributed by atoms with Crippen LogP contribution < -0.4 is 15.6 Å². The molecule has 0 radical (unpaired) electrons. The number of carbonyl (C=O) groups excluding carboxylic acids is 3. The number of hydrogen-bond acceptors (Lipinski definition) is 6. The van der Waals surface area contributed by atoms with Gasteiger partial charge in [-0.15, -0.1) is 0 Å². The molecule has 0 saturated carbocycles. The van der Waals surface area contributed by atoms with E-state index in [9.17, 15) is 24.7 Å². The molecule has 13 heteroatoms. The molecule has 4 aromatic rings. The van der Waals surface area contributed by atoms with Crippen molar-refractivity contribution in [3.8, 4) is 5.75 Å². The van der Waals surface area contributed by atoms with Crippen molar-refractivity contribution >= 4 is 69.5 Å². The molecule has 238 valence electrons. The SMILES string of the molecule is CC1(C)[C@H](N(O)C(=O)Nc2cccc(Cl)c2)N(c2cccc(Cl)c2)C(=O)N1CCCC(=O)N/N=C\c1c(O)ccc2ccccc12. The lowest BCUT2D eigenvalue weighted by atomic mass is 9.99. The van der Waals surface area contributed by atoms with Gasteiger partial charge < -0.3 is 15.3 Å². The van der Waals surface area contributed by atoms with Crippen molar-refractivity contribution in [1.82, 2.24) is 15.4 Å². The summed E-state index contributed by atoms with van der Waals surface area (Å²) in [5.74, 6) is -0.363. The van der Waals surface area contributed by atoms with Crippen LogP contribution >= 0.6 is 23.2 Å². The van der Waals surface area contributed by atoms with Gasteiger partial charge in [0.2, 0.25) is 5.91 Å². The number of fused-ring (bicyclic) bond motifs is 1. The molecule has 0 spiro atoms. The molecule has 1 atom stereocenters. The number of nitrogens with one attached hydrogen (secondary N) is 2. The number of carbonyl (C=O) groups is 3. The molecule has 1 aliphatic heterocycles. The zero-order valence-electron chi connectivity index (χ0n) is 25.0. The molecule has 0 aliphatic carbocycles. The van der Waals surface area contributed by atoms with Crippen LogP contribution in [0.5, 0.6) is 5.75 Å². The zero-order chi connectivity index (χ0) is 33.0. The molecule has 1 saturated heterocycles. The van der Waals surface area contributed by atoms with Gasteiger partial charge in [-0.1, -0.05) is 65.7 Å². The van der Waals surface area contributed by atoms with Crippen molar-refractivity contribution in [1.29, 1.82) is 0 Å². The van der Waals surface area contributed by atoms with E-state index in [2.05, 4.69) is 15.8 Å². The number of hydroxylamine groups is 2. The molecule has 5 rings (SSSR count). The van der Waals surface area contributed by atoms with Gasteiger partial charge in [-0.3, -0.25) is 14.9 Å². The maximum atomic E-state index is 13.9. The first-order valence-electron chi connectivity index (χ1n) is 14.4. The Balaban J connectivity index is 1.29. The predicted molar refractivity (Wildman–Crippen MR) is 179 cm³/mol. The fourth-order valence-corrected chi connectivity index (χ4v) is 5.88. The number of anilines is 2. The Morgan fingerprint density at radius 2 is 1.72 bits per heavy atom. The largest absolute Gasteiger partial charge is 0.507 e. The third-order valence-electron chi connectivity index (χ3n) is 7.73. The van der Waals surface area contributed by atoms with Gasteiger partial charge in [-0.05, 0) is 73.5 Å². The Morgan fingerprint density at radius 3 is 2.46 bits per heavy atom. The average molecular weight is 664 g/mol. The van der Waals surface area contributed by atoms with Crippen molar-refractivity contribution in [3.63, 3.8) is 0 Å². The molecule has 11 nitrogen and oxygen atoms in total. The van der Waals surface area contributed by atoms with Crippen molar-refractivity contribution in [2.24, 2.45) is 5.10 Å². The van der Waals surface area contributed by atoms with Crippen LogP contribution in [-0.4, -0.2) is 62.7 Å². The zero-order valence-corrected chi connectivity index (χ0v) is 26.5. The normalized spacial score (nSPS) is 15.8. The van der Waals surface area contributed by atoms with Gasteiger partial charge in [0.1, 0.15) is 5.75 Å². The first-order chi connectivity index (χ1) is 22.0. The van der Waals surface area contributed by atoms with Gasteiger partial charge in [-0.2, -0.15) is 10.2 Å². The van der Waals surface area contributed by atoms with Gasteiger partial charge >= 0.3 is 12.1 Å². The molecule has 4 N–H and O–H groups in total. The molecule has 5 amide bonds. The topological polar surface area (TPSA) is 138 Å². The number of benzene rings is 4. The van der Waals surface area contributed by atoms with Crippen LogP contribution in [0.3, 0.4) is 0 Å². The van der Waals surface area contributed by atoms with E-state index < -0.39 is 29.7 Å². The summed E-state index contributed by atoms with van der Waals surface area (Å²) in [5.41, 5.74) is 2.55. The van der Waals surface area contributed by atoms with Crippen molar-refractivity contribution in [2.75, 3.05) is 16.8 Å². The summed E-state index contributed by atoms with van der Waals surface area (Å²) in [6.07, 6.45) is 0.496. The van der Waals surface area contributed by atoms with Crippen LogP contribution in [-0.2, 0) is 4.79 Å². The molecule has 4 aromatic carbocycles. The fraction of sp³-hybridized carbons (Fsp3) is 0.212. The van der Waals surface area contributed by atoms with Gasteiger partial charge in [0.05, 0.1) is 11.8 Å². The highest BCUT2D eigenvalue weighted by Crippen LogP contribution is 2.39. The maximum Gasteiger partial charge on any atom is 0.347 e. The Bertz CT molecular complexity index is 1820. The molecule has 0 bridgehead atoms. The van der Waals surface area contributed by atoms with Crippen LogP contribution in [0, 0.1) is 0 Å². The fourth-order valence-electron chi connectivity index (χ4n) is 5.51. The minimum atomic E-state index is -1.18. The van der Waals surface area contributed by atoms with E-state index in [-0.39, 0.29) is 25.1 Å². The predicted octanol–water partition coefficient (Wildman–Crippen LogP) is 7.05. The van der Waals surface area contributed by atoms with Crippen LogP contribution in [0.4, 0.5) is 21.0 Å². The number of hydrogen-bond donors (Lipinski definition) is 4. The van der Waals surface area contributed by atoms with Crippen LogP contribution in [0.2, 0.25) is 10.0 Å². The number of halogens is 2. The summed E-state index contributed by atoms with van der Waals surface area (Å²) in [7, 11) is 0. The smallest absolute Gasteiger partial charge is 0.347 e. The second-order valence-electron chi connectivity index (χ2n) is 11.2. The summed E-state index contributed by atoms with van der Waals surface area (Å²) in [4.78, 5) is 42.6. The van der Waals surface area contributed by atoms with E-state index in [1.165, 1.54) is 22.1 Å². The van der Waals surface area contributed by atoms with Crippen LogP contribution in [0.25, 0.3) is 10.8 Å². The lowest BCUT2D eigenvalue weighted by Gasteiger charge is -2.38. The summed E-state index contributed by atoms with van der Waals surface area (Å²) >= 11 is 12.3. The lowest BCUT2D eigenvalue weighted by Crippen LogP contribution is -2.58. The Morgan fingerprint density at radius 1 is 1.00 bits per heavy atom. The summed E-state index contributed by atoms with van der Waals surface area (Å²) in [5, 5.41) is 31.1. The highest BCUT2D eigenvalue weighted by atomic mass is 35.5. The molecular formula is C33H32Cl2N6O5. The highest BCUT2D eigenvalue weighted by molar-refractivity contribution is 6.31. The molecule has 1 heterocycles. The second kappa shape index (κ2) is 13.7. The number of urea groups is 2. The van der Waals surface area contributed by atoms with E-state index >= 15 is 0 Å². The third-order valence-corrected chi connectivity index (χ3v) is 8.20. The number of aromatic hydroxyl groups is 1. The number of nitrogens with zero attached hydrogens (tertiary/aromatic N) is 4. The quantitative estimate of drug-likeness (QED) is 0.0864. The number of phenolic OH excluding ortho intramolecular Hbond substituents is 1. The maximum absolute atomic E-state index is 13.9. The highest BCUT2D eigenvalue weighted by Gasteiger charge is 2.55. The standard InChI is InChI=1S/C33H32Cl2N6O5/c1-33(2)30(41(46)31(44)37-24-11-5-9-22(34)18-24)40(25-12-6-10-23(35)19-25)32(45)39(33)17-7-14-29(43)38-36-20-27-26-13-4-3-8-21(26)15-16-28(27)42/h3-6,8-13,15-16,18-20,30,42,46H,7,14,17H2,1-2H3,(H,37,44)(H,38,43)/b36-20-/t30-/m0/s1. The van der Waals surface area contributed by atoms with Gasteiger partial charge in [0, 0.05) is 39.9 Å². The monoisotopic (exact) mass is 662 g/mol. The van der Waals surface area contributed by atoms with Crippen LogP contribution in [0.1, 0.15) is 32.3 Å². The molecular weight excluding hydrogens is 631 g/mol. The Kier molecular flexibility index (Phi) is 9.66. The van der Waals surface area contributed by atoms with E-state index in [1.54, 1.807) is 68.4 Å². The Labute approximate surface area is 275 Å². The number of rotatable bonds is 9. The van der Waals surface area contributed by atoms with E-state index in [0.717, 1.165) is 10.8 Å². The minimum absolute atomic E-state index is 0.0264. The summed E-state index contributed by atoms with van der Waals surface area (Å²) < 4.78 is 0. The number of amides is 5. The number of hydrazone groups is 1. The van der Waals surface area contributed by atoms with Crippen molar-refractivity contribution in [3.05, 3.63) is 101 Å². The summed E-state index contributed by atoms with van der Waals surface area (Å²) in [6.45, 7) is 3.57. The van der Waals surface area contributed by atoms with Crippen molar-refractivity contribution < 1.29 is 24.7 Å². The van der Waals surface area contributed by atoms with Crippen molar-refractivity contribution in [2.45, 2.75) is 38.4 Å². The third kappa shape index (κ3) is 6.86. The van der Waals surface area contributed by atoms with E-state index in [1.807, 2.05) is 24.3 Å². The summed E-state index contributed by atoms with van der Waals surface area (Å²) in [6, 6.07) is 22.4. The first kappa shape index (κ1) is 32.6. The molecule has 1 aliphatic rings. The lowest BCUT2D eigenvalue weighted by molar-refractivity contribution is -0.121. The second-order valence-corrected chi connectivity index (χ2v) is 12.1. The van der Waals surface area contributed by atoms with E-state index in [0.29, 0.717) is 32.0 Å². The molecule has 1 fully saturated rings. The van der Waals surface area contributed by atoms with Gasteiger partial charge in [-0.25, -0.2) is 15.0 Å². The minimum Gasteiger partial charge on any atom is -0.507 e.